The van der Waals surface area contributed by atoms with Gasteiger partial charge in [-0.3, -0.25) is 4.79 Å². The van der Waals surface area contributed by atoms with E-state index in [1.165, 1.54) is 0 Å². The van der Waals surface area contributed by atoms with Crippen molar-refractivity contribution < 1.29 is 9.53 Å². The SMILES string of the molecule is COc1ccc(Cl)cc1C(=O)NCCCN1CCNCC1. The Bertz CT molecular complexity index is 476. The average molecular weight is 312 g/mol. The highest BCUT2D eigenvalue weighted by atomic mass is 35.5. The fourth-order valence-electron chi connectivity index (χ4n) is 2.39. The van der Waals surface area contributed by atoms with Gasteiger partial charge >= 0.3 is 0 Å². The van der Waals surface area contributed by atoms with E-state index in [0.717, 1.165) is 39.1 Å². The summed E-state index contributed by atoms with van der Waals surface area (Å²) in [7, 11) is 1.55. The lowest BCUT2D eigenvalue weighted by atomic mass is 10.2. The fraction of sp³-hybridized carbons (Fsp3) is 0.533. The molecule has 0 radical (unpaired) electrons. The lowest BCUT2D eigenvalue weighted by molar-refractivity contribution is 0.0948. The van der Waals surface area contributed by atoms with E-state index in [2.05, 4.69) is 15.5 Å². The summed E-state index contributed by atoms with van der Waals surface area (Å²) in [4.78, 5) is 14.6. The molecule has 1 amide bonds. The Morgan fingerprint density at radius 1 is 1.43 bits per heavy atom. The Labute approximate surface area is 130 Å². The summed E-state index contributed by atoms with van der Waals surface area (Å²) in [6.07, 6.45) is 0.939. The molecular weight excluding hydrogens is 290 g/mol. The molecule has 1 heterocycles. The number of hydrogen-bond donors (Lipinski definition) is 2. The van der Waals surface area contributed by atoms with Gasteiger partial charge in [-0.1, -0.05) is 11.6 Å². The van der Waals surface area contributed by atoms with Gasteiger partial charge in [0.2, 0.25) is 0 Å². The summed E-state index contributed by atoms with van der Waals surface area (Å²) in [5.74, 6) is 0.397. The number of methoxy groups -OCH3 is 1. The summed E-state index contributed by atoms with van der Waals surface area (Å²) in [6.45, 7) is 5.91. The number of halogens is 1. The van der Waals surface area contributed by atoms with E-state index in [4.69, 9.17) is 16.3 Å². The Kier molecular flexibility index (Phi) is 6.29. The van der Waals surface area contributed by atoms with Gasteiger partial charge in [0.25, 0.3) is 5.91 Å². The summed E-state index contributed by atoms with van der Waals surface area (Å²) in [5, 5.41) is 6.78. The quantitative estimate of drug-likeness (QED) is 0.779. The summed E-state index contributed by atoms with van der Waals surface area (Å²) < 4.78 is 5.19. The van der Waals surface area contributed by atoms with Crippen LogP contribution in [0.1, 0.15) is 16.8 Å². The minimum absolute atomic E-state index is 0.144. The molecule has 0 aromatic heterocycles. The number of ether oxygens (including phenoxy) is 1. The third-order valence-corrected chi connectivity index (χ3v) is 3.79. The van der Waals surface area contributed by atoms with Gasteiger partial charge < -0.3 is 20.3 Å². The number of carbonyl (C=O) groups is 1. The monoisotopic (exact) mass is 311 g/mol. The van der Waals surface area contributed by atoms with Crippen LogP contribution >= 0.6 is 11.6 Å². The molecule has 0 spiro atoms. The molecule has 6 heteroatoms. The zero-order chi connectivity index (χ0) is 15.1. The first-order valence-corrected chi connectivity index (χ1v) is 7.63. The van der Waals surface area contributed by atoms with Crippen LogP contribution in [-0.2, 0) is 0 Å². The third kappa shape index (κ3) is 4.88. The van der Waals surface area contributed by atoms with Gasteiger partial charge in [0.15, 0.2) is 0 Å². The Hall–Kier alpha value is -1.30. The molecule has 1 aliphatic heterocycles. The molecule has 1 fully saturated rings. The maximum Gasteiger partial charge on any atom is 0.255 e. The number of nitrogens with one attached hydrogen (secondary N) is 2. The highest BCUT2D eigenvalue weighted by Gasteiger charge is 2.13. The summed E-state index contributed by atoms with van der Waals surface area (Å²) >= 11 is 5.93. The molecular formula is C15H22ClN3O2. The lowest BCUT2D eigenvalue weighted by Crippen LogP contribution is -2.44. The molecule has 0 bridgehead atoms. The number of hydrogen-bond acceptors (Lipinski definition) is 4. The number of rotatable bonds is 6. The maximum absolute atomic E-state index is 12.2. The Balaban J connectivity index is 1.77. The van der Waals surface area contributed by atoms with Gasteiger partial charge in [0.1, 0.15) is 5.75 Å². The molecule has 0 aliphatic carbocycles. The van der Waals surface area contributed by atoms with E-state index in [0.29, 0.717) is 22.9 Å². The van der Waals surface area contributed by atoms with E-state index in [1.807, 2.05) is 0 Å². The standard InChI is InChI=1S/C15H22ClN3O2/c1-21-14-4-3-12(16)11-13(14)15(20)18-5-2-8-19-9-6-17-7-10-19/h3-4,11,17H,2,5-10H2,1H3,(H,18,20). The molecule has 1 aliphatic rings. The van der Waals surface area contributed by atoms with Crippen LogP contribution in [0, 0.1) is 0 Å². The molecule has 0 saturated carbocycles. The van der Waals surface area contributed by atoms with Gasteiger partial charge in [0.05, 0.1) is 12.7 Å². The van der Waals surface area contributed by atoms with E-state index in [9.17, 15) is 4.79 Å². The van der Waals surface area contributed by atoms with Crippen molar-refractivity contribution in [1.29, 1.82) is 0 Å². The maximum atomic E-state index is 12.2. The summed E-state index contributed by atoms with van der Waals surface area (Å²) in [6, 6.07) is 5.05. The number of amides is 1. The molecule has 2 N–H and O–H groups in total. The van der Waals surface area contributed by atoms with E-state index >= 15 is 0 Å². The normalized spacial score (nSPS) is 15.7. The topological polar surface area (TPSA) is 53.6 Å². The second-order valence-electron chi connectivity index (χ2n) is 5.05. The molecule has 1 aromatic carbocycles. The third-order valence-electron chi connectivity index (χ3n) is 3.55. The van der Waals surface area contributed by atoms with Gasteiger partial charge in [-0.15, -0.1) is 0 Å². The van der Waals surface area contributed by atoms with E-state index < -0.39 is 0 Å². The minimum Gasteiger partial charge on any atom is -0.496 e. The van der Waals surface area contributed by atoms with Gasteiger partial charge in [-0.25, -0.2) is 0 Å². The first-order chi connectivity index (χ1) is 10.2. The van der Waals surface area contributed by atoms with E-state index in [-0.39, 0.29) is 5.91 Å². The van der Waals surface area contributed by atoms with Crippen LogP contribution in [0.25, 0.3) is 0 Å². The van der Waals surface area contributed by atoms with Crippen molar-refractivity contribution in [2.24, 2.45) is 0 Å². The van der Waals surface area contributed by atoms with Crippen LogP contribution in [0.3, 0.4) is 0 Å². The number of benzene rings is 1. The number of piperazine rings is 1. The molecule has 0 unspecified atom stereocenters. The van der Waals surface area contributed by atoms with Crippen LogP contribution in [0.15, 0.2) is 18.2 Å². The van der Waals surface area contributed by atoms with Crippen LogP contribution in [0.2, 0.25) is 5.02 Å². The van der Waals surface area contributed by atoms with Crippen molar-refractivity contribution in [1.82, 2.24) is 15.5 Å². The Morgan fingerprint density at radius 3 is 2.90 bits per heavy atom. The van der Waals surface area contributed by atoms with Crippen molar-refractivity contribution in [2.75, 3.05) is 46.4 Å². The van der Waals surface area contributed by atoms with Crippen molar-refractivity contribution in [3.05, 3.63) is 28.8 Å². The Morgan fingerprint density at radius 2 is 2.19 bits per heavy atom. The van der Waals surface area contributed by atoms with Crippen molar-refractivity contribution in [3.8, 4) is 5.75 Å². The minimum atomic E-state index is -0.144. The van der Waals surface area contributed by atoms with Crippen molar-refractivity contribution in [2.45, 2.75) is 6.42 Å². The highest BCUT2D eigenvalue weighted by Crippen LogP contribution is 2.22. The average Bonchev–Trinajstić information content (AvgIpc) is 2.52. The zero-order valence-electron chi connectivity index (χ0n) is 12.3. The largest absolute Gasteiger partial charge is 0.496 e. The van der Waals surface area contributed by atoms with Crippen LogP contribution in [0.5, 0.6) is 5.75 Å². The smallest absolute Gasteiger partial charge is 0.255 e. The zero-order valence-corrected chi connectivity index (χ0v) is 13.1. The molecule has 5 nitrogen and oxygen atoms in total. The molecule has 116 valence electrons. The van der Waals surface area contributed by atoms with Gasteiger partial charge in [-0.05, 0) is 31.2 Å². The van der Waals surface area contributed by atoms with Crippen LogP contribution in [-0.4, -0.2) is 57.2 Å². The second kappa shape index (κ2) is 8.22. The first kappa shape index (κ1) is 16.1. The molecule has 1 saturated heterocycles. The van der Waals surface area contributed by atoms with Crippen LogP contribution < -0.4 is 15.4 Å². The molecule has 0 atom stereocenters. The number of nitrogens with zero attached hydrogens (tertiary/aromatic N) is 1. The molecule has 1 aromatic rings. The number of carbonyl (C=O) groups excluding carboxylic acids is 1. The van der Waals surface area contributed by atoms with Crippen molar-refractivity contribution in [3.63, 3.8) is 0 Å². The van der Waals surface area contributed by atoms with Crippen LogP contribution in [0.4, 0.5) is 0 Å². The lowest BCUT2D eigenvalue weighted by Gasteiger charge is -2.27. The van der Waals surface area contributed by atoms with Gasteiger partial charge in [0, 0.05) is 37.7 Å². The highest BCUT2D eigenvalue weighted by molar-refractivity contribution is 6.31. The molecule has 21 heavy (non-hydrogen) atoms. The fourth-order valence-corrected chi connectivity index (χ4v) is 2.56. The predicted octanol–water partition coefficient (Wildman–Crippen LogP) is 1.37. The van der Waals surface area contributed by atoms with E-state index in [1.54, 1.807) is 25.3 Å². The van der Waals surface area contributed by atoms with Crippen molar-refractivity contribution >= 4 is 17.5 Å². The predicted molar refractivity (Wildman–Crippen MR) is 84.3 cm³/mol. The molecule has 2 rings (SSSR count). The summed E-state index contributed by atoms with van der Waals surface area (Å²) in [5.41, 5.74) is 0.479. The first-order valence-electron chi connectivity index (χ1n) is 7.25. The van der Waals surface area contributed by atoms with Gasteiger partial charge in [-0.2, -0.15) is 0 Å². The second-order valence-corrected chi connectivity index (χ2v) is 5.48.